The fourth-order valence-electron chi connectivity index (χ4n) is 3.73. The van der Waals surface area contributed by atoms with Crippen LogP contribution in [0.4, 0.5) is 0 Å². The second-order valence-corrected chi connectivity index (χ2v) is 7.11. The molecule has 2 fully saturated rings. The van der Waals surface area contributed by atoms with Crippen molar-refractivity contribution in [2.45, 2.75) is 32.6 Å². The van der Waals surface area contributed by atoms with E-state index in [0.29, 0.717) is 18.0 Å². The molecule has 1 saturated carbocycles. The summed E-state index contributed by atoms with van der Waals surface area (Å²) in [6.07, 6.45) is 3.57. The average molecular weight is 287 g/mol. The van der Waals surface area contributed by atoms with Crippen LogP contribution in [0.1, 0.15) is 32.6 Å². The Morgan fingerprint density at radius 2 is 2.05 bits per heavy atom. The molecule has 1 unspecified atom stereocenters. The van der Waals surface area contributed by atoms with Gasteiger partial charge in [-0.05, 0) is 31.6 Å². The Morgan fingerprint density at radius 1 is 1.35 bits per heavy atom. The van der Waals surface area contributed by atoms with E-state index in [1.54, 1.807) is 16.7 Å². The number of amides is 1. The van der Waals surface area contributed by atoms with E-state index in [-0.39, 0.29) is 5.91 Å². The van der Waals surface area contributed by atoms with Crippen LogP contribution in [-0.2, 0) is 4.79 Å². The zero-order chi connectivity index (χ0) is 14.3. The molecule has 20 heavy (non-hydrogen) atoms. The number of hydrogen-bond acceptors (Lipinski definition) is 4. The van der Waals surface area contributed by atoms with Crippen LogP contribution in [0.3, 0.4) is 0 Å². The first-order valence-corrected chi connectivity index (χ1v) is 8.11. The summed E-state index contributed by atoms with van der Waals surface area (Å²) in [4.78, 5) is 14.3. The van der Waals surface area contributed by atoms with E-state index in [2.05, 4.69) is 19.1 Å². The summed E-state index contributed by atoms with van der Waals surface area (Å²) < 4.78 is 0. The lowest BCUT2D eigenvalue weighted by Gasteiger charge is -2.46. The molecule has 1 atom stereocenters. The van der Waals surface area contributed by atoms with Crippen molar-refractivity contribution in [1.29, 1.82) is 10.5 Å². The van der Waals surface area contributed by atoms with E-state index < -0.39 is 11.3 Å². The summed E-state index contributed by atoms with van der Waals surface area (Å²) in [5.41, 5.74) is 0.189. The Bertz CT molecular complexity index is 561. The molecule has 0 bridgehead atoms. The molecule has 4 nitrogen and oxygen atoms in total. The third kappa shape index (κ3) is 1.70. The van der Waals surface area contributed by atoms with E-state index >= 15 is 0 Å². The van der Waals surface area contributed by atoms with Gasteiger partial charge >= 0.3 is 0 Å². The van der Waals surface area contributed by atoms with Gasteiger partial charge < -0.3 is 4.90 Å². The molecule has 1 spiro atoms. The summed E-state index contributed by atoms with van der Waals surface area (Å²) in [5, 5.41) is 20.0. The Kier molecular flexibility index (Phi) is 3.26. The average Bonchev–Trinajstić information content (AvgIpc) is 2.92. The van der Waals surface area contributed by atoms with Gasteiger partial charge in [-0.3, -0.25) is 4.79 Å². The van der Waals surface area contributed by atoms with Crippen LogP contribution in [0.15, 0.2) is 10.6 Å². The summed E-state index contributed by atoms with van der Waals surface area (Å²) in [7, 11) is 0. The quantitative estimate of drug-likeness (QED) is 0.687. The van der Waals surface area contributed by atoms with E-state index in [1.807, 2.05) is 0 Å². The third-order valence-corrected chi connectivity index (χ3v) is 6.07. The van der Waals surface area contributed by atoms with Crippen LogP contribution in [-0.4, -0.2) is 23.1 Å². The minimum absolute atomic E-state index is 0.0824. The van der Waals surface area contributed by atoms with Crippen LogP contribution in [0.2, 0.25) is 0 Å². The lowest BCUT2D eigenvalue weighted by molar-refractivity contribution is -0.136. The van der Waals surface area contributed by atoms with Crippen molar-refractivity contribution in [3.8, 4) is 12.1 Å². The molecular weight excluding hydrogens is 270 g/mol. The maximum atomic E-state index is 12.6. The minimum Gasteiger partial charge on any atom is -0.304 e. The van der Waals surface area contributed by atoms with Crippen molar-refractivity contribution in [2.24, 2.45) is 17.3 Å². The molecule has 3 aliphatic rings. The second kappa shape index (κ2) is 4.82. The van der Waals surface area contributed by atoms with Crippen molar-refractivity contribution in [1.82, 2.24) is 4.90 Å². The summed E-state index contributed by atoms with van der Waals surface area (Å²) in [6.45, 7) is 2.84. The van der Waals surface area contributed by atoms with Crippen LogP contribution in [0, 0.1) is 39.9 Å². The lowest BCUT2D eigenvalue weighted by Crippen LogP contribution is -2.49. The number of nitriles is 2. The Labute approximate surface area is 123 Å². The first-order chi connectivity index (χ1) is 9.64. The van der Waals surface area contributed by atoms with E-state index in [0.717, 1.165) is 36.5 Å². The molecule has 3 rings (SSSR count). The van der Waals surface area contributed by atoms with Gasteiger partial charge in [0.25, 0.3) is 0 Å². The van der Waals surface area contributed by atoms with Gasteiger partial charge in [-0.25, -0.2) is 0 Å². The number of carbonyl (C=O) groups excluding carboxylic acids is 1. The number of allylic oxidation sites excluding steroid dienone is 1. The van der Waals surface area contributed by atoms with Crippen molar-refractivity contribution in [2.75, 3.05) is 12.3 Å². The number of nitrogens with zero attached hydrogens (tertiary/aromatic N) is 3. The Balaban J connectivity index is 2.14. The molecule has 2 aliphatic heterocycles. The highest BCUT2D eigenvalue weighted by molar-refractivity contribution is 8.03. The summed E-state index contributed by atoms with van der Waals surface area (Å²) in [6, 6.07) is 4.57. The molecule has 0 aromatic rings. The van der Waals surface area contributed by atoms with Gasteiger partial charge in [0, 0.05) is 17.7 Å². The topological polar surface area (TPSA) is 67.9 Å². The third-order valence-electron chi connectivity index (χ3n) is 4.98. The molecule has 2 heterocycles. The first-order valence-electron chi connectivity index (χ1n) is 7.12. The van der Waals surface area contributed by atoms with Gasteiger partial charge in [0.2, 0.25) is 5.91 Å². The predicted molar refractivity (Wildman–Crippen MR) is 76.0 cm³/mol. The molecule has 1 aliphatic carbocycles. The largest absolute Gasteiger partial charge is 0.304 e. The Morgan fingerprint density at radius 3 is 2.65 bits per heavy atom. The van der Waals surface area contributed by atoms with Gasteiger partial charge in [-0.1, -0.05) is 6.92 Å². The van der Waals surface area contributed by atoms with Crippen molar-refractivity contribution >= 4 is 17.7 Å². The number of carbonyl (C=O) groups is 1. The van der Waals surface area contributed by atoms with Crippen molar-refractivity contribution in [3.05, 3.63) is 10.6 Å². The van der Waals surface area contributed by atoms with E-state index in [9.17, 15) is 15.3 Å². The zero-order valence-corrected chi connectivity index (χ0v) is 12.4. The van der Waals surface area contributed by atoms with Gasteiger partial charge in [0.1, 0.15) is 5.92 Å². The van der Waals surface area contributed by atoms with Gasteiger partial charge in [-0.2, -0.15) is 10.5 Å². The fourth-order valence-corrected chi connectivity index (χ4v) is 4.93. The maximum absolute atomic E-state index is 12.6. The SMILES string of the molecule is CC1CCC2(CC1)C(C#N)=C1SCCN1C(=O)C2C#N. The predicted octanol–water partition coefficient (Wildman–Crippen LogP) is 2.65. The normalized spacial score (nSPS) is 36.8. The molecule has 0 radical (unpaired) electrons. The standard InChI is InChI=1S/C15H17N3OS/c1-10-2-4-15(5-3-10)11(8-16)13(19)18-6-7-20-14(18)12(15)9-17/h10-11H,2-7H2,1H3. The highest BCUT2D eigenvalue weighted by atomic mass is 32.2. The monoisotopic (exact) mass is 287 g/mol. The fraction of sp³-hybridized carbons (Fsp3) is 0.667. The smallest absolute Gasteiger partial charge is 0.245 e. The van der Waals surface area contributed by atoms with E-state index in [1.165, 1.54) is 0 Å². The number of hydrogen-bond donors (Lipinski definition) is 0. The highest BCUT2D eigenvalue weighted by Crippen LogP contribution is 2.56. The Hall–Kier alpha value is -1.46. The molecule has 0 aromatic heterocycles. The van der Waals surface area contributed by atoms with Gasteiger partial charge in [0.15, 0.2) is 0 Å². The van der Waals surface area contributed by atoms with Crippen LogP contribution in [0.5, 0.6) is 0 Å². The lowest BCUT2D eigenvalue weighted by atomic mass is 9.59. The summed E-state index contributed by atoms with van der Waals surface area (Å²) >= 11 is 1.60. The van der Waals surface area contributed by atoms with E-state index in [4.69, 9.17) is 0 Å². The molecule has 0 aromatic carbocycles. The van der Waals surface area contributed by atoms with Crippen molar-refractivity contribution < 1.29 is 4.79 Å². The number of thioether (sulfide) groups is 1. The molecule has 5 heteroatoms. The van der Waals surface area contributed by atoms with Crippen LogP contribution >= 0.6 is 11.8 Å². The maximum Gasteiger partial charge on any atom is 0.245 e. The van der Waals surface area contributed by atoms with Gasteiger partial charge in [0.05, 0.1) is 22.7 Å². The number of rotatable bonds is 0. The number of fused-ring (bicyclic) bond motifs is 1. The molecule has 104 valence electrons. The zero-order valence-electron chi connectivity index (χ0n) is 11.6. The minimum atomic E-state index is -0.674. The van der Waals surface area contributed by atoms with Crippen LogP contribution < -0.4 is 0 Å². The molecule has 1 amide bonds. The molecular formula is C15H17N3OS. The first kappa shape index (κ1) is 13.5. The molecule has 1 saturated heterocycles. The highest BCUT2D eigenvalue weighted by Gasteiger charge is 2.55. The second-order valence-electron chi connectivity index (χ2n) is 6.03. The van der Waals surface area contributed by atoms with Crippen molar-refractivity contribution in [3.63, 3.8) is 0 Å². The molecule has 0 N–H and O–H groups in total. The summed E-state index contributed by atoms with van der Waals surface area (Å²) in [5.74, 6) is 0.694. The van der Waals surface area contributed by atoms with Crippen LogP contribution in [0.25, 0.3) is 0 Å². The van der Waals surface area contributed by atoms with Gasteiger partial charge in [-0.15, -0.1) is 11.8 Å².